The molecule has 0 bridgehead atoms. The van der Waals surface area contributed by atoms with Crippen LogP contribution in [-0.4, -0.2) is 70.8 Å². The second-order valence-electron chi connectivity index (χ2n) is 4.87. The van der Waals surface area contributed by atoms with Crippen LogP contribution >= 0.6 is 0 Å². The molecule has 19 heavy (non-hydrogen) atoms. The Labute approximate surface area is 112 Å². The van der Waals surface area contributed by atoms with Crippen molar-refractivity contribution in [3.05, 3.63) is 16.3 Å². The Balaban J connectivity index is 1.81. The minimum absolute atomic E-state index is 0.0286. The van der Waals surface area contributed by atoms with E-state index in [0.717, 1.165) is 32.7 Å². The molecule has 1 aliphatic heterocycles. The summed E-state index contributed by atoms with van der Waals surface area (Å²) in [5.41, 5.74) is 0.0286. The first-order valence-electron chi connectivity index (χ1n) is 6.39. The van der Waals surface area contributed by atoms with Gasteiger partial charge in [0, 0.05) is 46.3 Å². The average molecular weight is 268 g/mol. The third-order valence-corrected chi connectivity index (χ3v) is 3.32. The molecule has 106 valence electrons. The zero-order chi connectivity index (χ0) is 13.8. The molecule has 8 heteroatoms. The van der Waals surface area contributed by atoms with Gasteiger partial charge < -0.3 is 10.2 Å². The second kappa shape index (κ2) is 5.98. The van der Waals surface area contributed by atoms with Crippen molar-refractivity contribution in [2.24, 2.45) is 7.05 Å². The van der Waals surface area contributed by atoms with E-state index < -0.39 is 4.92 Å². The maximum atomic E-state index is 10.8. The fourth-order valence-electron chi connectivity index (χ4n) is 2.14. The number of hydrogen-bond acceptors (Lipinski definition) is 6. The zero-order valence-corrected chi connectivity index (χ0v) is 11.4. The van der Waals surface area contributed by atoms with E-state index in [-0.39, 0.29) is 5.69 Å². The van der Waals surface area contributed by atoms with Gasteiger partial charge in [0.2, 0.25) is 5.82 Å². The number of aryl methyl sites for hydroxylation is 1. The topological polar surface area (TPSA) is 79.5 Å². The van der Waals surface area contributed by atoms with Crippen LogP contribution in [-0.2, 0) is 7.05 Å². The highest BCUT2D eigenvalue weighted by molar-refractivity contribution is 5.54. The summed E-state index contributed by atoms with van der Waals surface area (Å²) < 4.78 is 1.45. The molecule has 0 aromatic carbocycles. The van der Waals surface area contributed by atoms with Gasteiger partial charge in [-0.1, -0.05) is 0 Å². The van der Waals surface area contributed by atoms with Gasteiger partial charge in [-0.05, 0) is 7.05 Å². The van der Waals surface area contributed by atoms with E-state index in [0.29, 0.717) is 12.4 Å². The molecular formula is C11H20N6O2. The van der Waals surface area contributed by atoms with E-state index in [1.165, 1.54) is 10.9 Å². The molecule has 0 aliphatic carbocycles. The van der Waals surface area contributed by atoms with Gasteiger partial charge in [-0.3, -0.25) is 19.7 Å². The van der Waals surface area contributed by atoms with Crippen LogP contribution in [0.3, 0.4) is 0 Å². The maximum absolute atomic E-state index is 10.8. The first kappa shape index (κ1) is 13.8. The molecule has 0 spiro atoms. The number of aromatic nitrogens is 2. The van der Waals surface area contributed by atoms with Crippen molar-refractivity contribution in [1.29, 1.82) is 0 Å². The van der Waals surface area contributed by atoms with Crippen LogP contribution in [0.1, 0.15) is 0 Å². The molecule has 1 saturated heterocycles. The number of rotatable bonds is 5. The second-order valence-corrected chi connectivity index (χ2v) is 4.87. The highest BCUT2D eigenvalue weighted by Crippen LogP contribution is 2.20. The van der Waals surface area contributed by atoms with Crippen LogP contribution in [0.25, 0.3) is 0 Å². The normalized spacial score (nSPS) is 17.6. The Hall–Kier alpha value is -1.67. The van der Waals surface area contributed by atoms with Gasteiger partial charge in [-0.25, -0.2) is 0 Å². The Morgan fingerprint density at radius 1 is 1.37 bits per heavy atom. The van der Waals surface area contributed by atoms with E-state index in [1.54, 1.807) is 7.05 Å². The van der Waals surface area contributed by atoms with Gasteiger partial charge >= 0.3 is 5.69 Å². The molecule has 1 fully saturated rings. The number of anilines is 1. The molecule has 0 saturated carbocycles. The lowest BCUT2D eigenvalue weighted by Gasteiger charge is -2.32. The highest BCUT2D eigenvalue weighted by Gasteiger charge is 2.18. The zero-order valence-electron chi connectivity index (χ0n) is 11.4. The molecule has 1 aromatic heterocycles. The fourth-order valence-corrected chi connectivity index (χ4v) is 2.14. The Morgan fingerprint density at radius 2 is 2.05 bits per heavy atom. The first-order valence-corrected chi connectivity index (χ1v) is 6.39. The van der Waals surface area contributed by atoms with Crippen LogP contribution in [0.2, 0.25) is 0 Å². The number of hydrogen-bond donors (Lipinski definition) is 1. The van der Waals surface area contributed by atoms with Gasteiger partial charge in [0.15, 0.2) is 0 Å². The van der Waals surface area contributed by atoms with Crippen LogP contribution in [0.15, 0.2) is 6.20 Å². The van der Waals surface area contributed by atoms with E-state index in [2.05, 4.69) is 27.3 Å². The predicted molar refractivity (Wildman–Crippen MR) is 72.3 cm³/mol. The standard InChI is InChI=1S/C11H20N6O2/c1-14-5-7-16(8-6-14)4-3-12-11-10(17(18)19)9-15(2)13-11/h9H,3-8H2,1-2H3,(H,12,13). The van der Waals surface area contributed by atoms with E-state index >= 15 is 0 Å². The minimum Gasteiger partial charge on any atom is -0.362 e. The SMILES string of the molecule is CN1CCN(CCNc2nn(C)cc2[N+](=O)[O-])CC1. The van der Waals surface area contributed by atoms with Crippen molar-refractivity contribution < 1.29 is 4.92 Å². The van der Waals surface area contributed by atoms with Crippen molar-refractivity contribution in [1.82, 2.24) is 19.6 Å². The summed E-state index contributed by atoms with van der Waals surface area (Å²) in [6.45, 7) is 5.78. The molecular weight excluding hydrogens is 248 g/mol. The van der Waals surface area contributed by atoms with Crippen molar-refractivity contribution in [2.75, 3.05) is 51.6 Å². The molecule has 1 aliphatic rings. The molecule has 0 unspecified atom stereocenters. The van der Waals surface area contributed by atoms with Gasteiger partial charge in [0.05, 0.1) is 4.92 Å². The molecule has 2 heterocycles. The summed E-state index contributed by atoms with van der Waals surface area (Å²) in [6, 6.07) is 0. The van der Waals surface area contributed by atoms with E-state index in [4.69, 9.17) is 0 Å². The lowest BCUT2D eigenvalue weighted by atomic mass is 10.3. The number of likely N-dealkylation sites (N-methyl/N-ethyl adjacent to an activating group) is 1. The van der Waals surface area contributed by atoms with Gasteiger partial charge in [-0.2, -0.15) is 0 Å². The Bertz CT molecular complexity index is 438. The van der Waals surface area contributed by atoms with Crippen LogP contribution < -0.4 is 5.32 Å². The number of nitrogens with one attached hydrogen (secondary N) is 1. The average Bonchev–Trinajstić information content (AvgIpc) is 2.73. The summed E-state index contributed by atoms with van der Waals surface area (Å²) in [5, 5.41) is 17.9. The van der Waals surface area contributed by atoms with Crippen molar-refractivity contribution in [3.63, 3.8) is 0 Å². The van der Waals surface area contributed by atoms with Crippen LogP contribution in [0.5, 0.6) is 0 Å². The molecule has 0 radical (unpaired) electrons. The quantitative estimate of drug-likeness (QED) is 0.597. The monoisotopic (exact) mass is 268 g/mol. The predicted octanol–water partition coefficient (Wildman–Crippen LogP) is -0.0124. The largest absolute Gasteiger partial charge is 0.362 e. The molecule has 1 aromatic rings. The summed E-state index contributed by atoms with van der Waals surface area (Å²) in [6.07, 6.45) is 1.41. The Kier molecular flexibility index (Phi) is 4.33. The molecule has 8 nitrogen and oxygen atoms in total. The van der Waals surface area contributed by atoms with Crippen molar-refractivity contribution in [2.45, 2.75) is 0 Å². The summed E-state index contributed by atoms with van der Waals surface area (Å²) >= 11 is 0. The van der Waals surface area contributed by atoms with Crippen LogP contribution in [0.4, 0.5) is 11.5 Å². The minimum atomic E-state index is -0.412. The fraction of sp³-hybridized carbons (Fsp3) is 0.727. The third-order valence-electron chi connectivity index (χ3n) is 3.32. The lowest BCUT2D eigenvalue weighted by Crippen LogP contribution is -2.45. The maximum Gasteiger partial charge on any atom is 0.330 e. The van der Waals surface area contributed by atoms with E-state index in [9.17, 15) is 10.1 Å². The van der Waals surface area contributed by atoms with E-state index in [1.807, 2.05) is 0 Å². The lowest BCUT2D eigenvalue weighted by molar-refractivity contribution is -0.384. The number of nitrogens with zero attached hydrogens (tertiary/aromatic N) is 5. The van der Waals surface area contributed by atoms with Gasteiger partial charge in [0.1, 0.15) is 6.20 Å². The smallest absolute Gasteiger partial charge is 0.330 e. The van der Waals surface area contributed by atoms with Crippen LogP contribution in [0, 0.1) is 10.1 Å². The summed E-state index contributed by atoms with van der Waals surface area (Å²) in [4.78, 5) is 15.1. The Morgan fingerprint density at radius 3 is 2.68 bits per heavy atom. The summed E-state index contributed by atoms with van der Waals surface area (Å²) in [7, 11) is 3.80. The molecule has 1 N–H and O–H groups in total. The third kappa shape index (κ3) is 3.65. The molecule has 0 atom stereocenters. The highest BCUT2D eigenvalue weighted by atomic mass is 16.6. The molecule has 0 amide bonds. The molecule has 2 rings (SSSR count). The van der Waals surface area contributed by atoms with Crippen molar-refractivity contribution >= 4 is 11.5 Å². The van der Waals surface area contributed by atoms with Gasteiger partial charge in [-0.15, -0.1) is 5.10 Å². The van der Waals surface area contributed by atoms with Gasteiger partial charge in [0.25, 0.3) is 0 Å². The van der Waals surface area contributed by atoms with Crippen molar-refractivity contribution in [3.8, 4) is 0 Å². The summed E-state index contributed by atoms with van der Waals surface area (Å²) in [5.74, 6) is 0.349. The first-order chi connectivity index (χ1) is 9.06. The number of piperazine rings is 1. The number of nitro groups is 1.